The fraction of sp³-hybridized carbons (Fsp3) is 0. The third-order valence-corrected chi connectivity index (χ3v) is 4.37. The third-order valence-electron chi connectivity index (χ3n) is 4.37. The molecule has 21 heavy (non-hydrogen) atoms. The SMILES string of the molecule is c1ccc2c3c(ccc2c1)Nc1cccc2cccc-3c12. The molecular formula is C20H13N. The van der Waals surface area contributed by atoms with Crippen LogP contribution in [0.3, 0.4) is 0 Å². The molecule has 0 spiro atoms. The molecule has 0 fully saturated rings. The van der Waals surface area contributed by atoms with Gasteiger partial charge in [0.15, 0.2) is 0 Å². The van der Waals surface area contributed by atoms with Crippen LogP contribution in [-0.4, -0.2) is 0 Å². The summed E-state index contributed by atoms with van der Waals surface area (Å²) < 4.78 is 0. The normalized spacial score (nSPS) is 12.2. The minimum absolute atomic E-state index is 1.19. The number of nitrogens with one attached hydrogen (secondary N) is 1. The first kappa shape index (κ1) is 10.9. The van der Waals surface area contributed by atoms with Gasteiger partial charge in [-0.2, -0.15) is 0 Å². The molecule has 0 saturated carbocycles. The summed E-state index contributed by atoms with van der Waals surface area (Å²) in [6, 6.07) is 26.0. The fourth-order valence-corrected chi connectivity index (χ4v) is 3.46. The van der Waals surface area contributed by atoms with E-state index in [1.807, 2.05) is 0 Å². The highest BCUT2D eigenvalue weighted by atomic mass is 14.9. The van der Waals surface area contributed by atoms with Crippen LogP contribution in [-0.2, 0) is 0 Å². The maximum Gasteiger partial charge on any atom is 0.0470 e. The second-order valence-corrected chi connectivity index (χ2v) is 5.54. The van der Waals surface area contributed by atoms with Gasteiger partial charge in [-0.1, -0.05) is 60.7 Å². The standard InChI is InChI=1S/C20H13N/c1-2-8-15-13(5-1)11-12-18-20(15)16-9-3-6-14-7-4-10-17(21-18)19(14)16/h1-12,21H. The van der Waals surface area contributed by atoms with E-state index in [1.165, 1.54) is 44.0 Å². The van der Waals surface area contributed by atoms with Gasteiger partial charge in [-0.3, -0.25) is 0 Å². The van der Waals surface area contributed by atoms with E-state index >= 15 is 0 Å². The van der Waals surface area contributed by atoms with Gasteiger partial charge in [0, 0.05) is 22.3 Å². The summed E-state index contributed by atoms with van der Waals surface area (Å²) in [6.07, 6.45) is 0. The number of hydrogen-bond acceptors (Lipinski definition) is 1. The Morgan fingerprint density at radius 3 is 2.33 bits per heavy atom. The van der Waals surface area contributed by atoms with Crippen LogP contribution in [0.2, 0.25) is 0 Å². The van der Waals surface area contributed by atoms with E-state index in [2.05, 4.69) is 78.1 Å². The Kier molecular flexibility index (Phi) is 2.01. The number of rotatable bonds is 0. The molecule has 4 aromatic rings. The quantitative estimate of drug-likeness (QED) is 0.378. The van der Waals surface area contributed by atoms with Gasteiger partial charge in [-0.05, 0) is 33.9 Å². The highest BCUT2D eigenvalue weighted by Gasteiger charge is 2.19. The summed E-state index contributed by atoms with van der Waals surface area (Å²) in [5, 5.41) is 8.80. The van der Waals surface area contributed by atoms with Crippen molar-refractivity contribution in [3.05, 3.63) is 72.8 Å². The number of hydrogen-bond donors (Lipinski definition) is 1. The predicted octanol–water partition coefficient (Wildman–Crippen LogP) is 5.72. The highest BCUT2D eigenvalue weighted by Crippen LogP contribution is 2.46. The maximum absolute atomic E-state index is 3.60. The Bertz CT molecular complexity index is 1010. The van der Waals surface area contributed by atoms with E-state index in [-0.39, 0.29) is 0 Å². The van der Waals surface area contributed by atoms with Crippen LogP contribution in [0, 0.1) is 0 Å². The van der Waals surface area contributed by atoms with Gasteiger partial charge >= 0.3 is 0 Å². The predicted molar refractivity (Wildman–Crippen MR) is 90.2 cm³/mol. The summed E-state index contributed by atoms with van der Waals surface area (Å²) in [5.74, 6) is 0. The van der Waals surface area contributed by atoms with Crippen molar-refractivity contribution < 1.29 is 0 Å². The second kappa shape index (κ2) is 3.86. The van der Waals surface area contributed by atoms with Crippen LogP contribution in [0.15, 0.2) is 72.8 Å². The molecule has 1 aliphatic heterocycles. The molecule has 1 N–H and O–H groups in total. The molecule has 98 valence electrons. The molecule has 0 aromatic heterocycles. The molecule has 0 bridgehead atoms. The lowest BCUT2D eigenvalue weighted by Crippen LogP contribution is -2.01. The summed E-state index contributed by atoms with van der Waals surface area (Å²) in [4.78, 5) is 0. The maximum atomic E-state index is 3.60. The van der Waals surface area contributed by atoms with Gasteiger partial charge in [0.05, 0.1) is 0 Å². The van der Waals surface area contributed by atoms with E-state index in [9.17, 15) is 0 Å². The molecule has 1 aliphatic rings. The molecule has 0 saturated heterocycles. The van der Waals surface area contributed by atoms with Crippen molar-refractivity contribution in [3.63, 3.8) is 0 Å². The molecule has 0 aliphatic carbocycles. The summed E-state index contributed by atoms with van der Waals surface area (Å²) in [7, 11) is 0. The minimum Gasteiger partial charge on any atom is -0.354 e. The zero-order valence-corrected chi connectivity index (χ0v) is 11.4. The first-order valence-corrected chi connectivity index (χ1v) is 7.23. The monoisotopic (exact) mass is 267 g/mol. The van der Waals surface area contributed by atoms with E-state index in [0.29, 0.717) is 0 Å². The smallest absolute Gasteiger partial charge is 0.0470 e. The lowest BCUT2D eigenvalue weighted by atomic mass is 9.89. The number of anilines is 2. The minimum atomic E-state index is 1.19. The van der Waals surface area contributed by atoms with Crippen molar-refractivity contribution in [2.45, 2.75) is 0 Å². The number of fused-ring (bicyclic) bond motifs is 4. The second-order valence-electron chi connectivity index (χ2n) is 5.54. The summed E-state index contributed by atoms with van der Waals surface area (Å²) in [5.41, 5.74) is 5.04. The average Bonchev–Trinajstić information content (AvgIpc) is 2.55. The Balaban J connectivity index is 2.03. The van der Waals surface area contributed by atoms with Crippen molar-refractivity contribution in [1.82, 2.24) is 0 Å². The topological polar surface area (TPSA) is 12.0 Å². The number of benzene rings is 4. The highest BCUT2D eigenvalue weighted by molar-refractivity contribution is 6.17. The Morgan fingerprint density at radius 2 is 1.38 bits per heavy atom. The van der Waals surface area contributed by atoms with Crippen LogP contribution in [0.5, 0.6) is 0 Å². The lowest BCUT2D eigenvalue weighted by molar-refractivity contribution is 1.55. The Labute approximate surface area is 122 Å². The average molecular weight is 267 g/mol. The van der Waals surface area contributed by atoms with E-state index in [0.717, 1.165) is 0 Å². The molecule has 0 unspecified atom stereocenters. The summed E-state index contributed by atoms with van der Waals surface area (Å²) in [6.45, 7) is 0. The molecular weight excluding hydrogens is 254 g/mol. The van der Waals surface area contributed by atoms with Crippen LogP contribution >= 0.6 is 0 Å². The zero-order valence-electron chi connectivity index (χ0n) is 11.4. The Morgan fingerprint density at radius 1 is 0.571 bits per heavy atom. The molecule has 0 radical (unpaired) electrons. The van der Waals surface area contributed by atoms with E-state index in [4.69, 9.17) is 0 Å². The molecule has 1 heterocycles. The van der Waals surface area contributed by atoms with Gasteiger partial charge in [-0.25, -0.2) is 0 Å². The van der Waals surface area contributed by atoms with Crippen molar-refractivity contribution in [2.24, 2.45) is 0 Å². The van der Waals surface area contributed by atoms with Crippen LogP contribution in [0.25, 0.3) is 32.7 Å². The molecule has 0 atom stereocenters. The van der Waals surface area contributed by atoms with Gasteiger partial charge < -0.3 is 5.32 Å². The van der Waals surface area contributed by atoms with Crippen LogP contribution in [0.4, 0.5) is 11.4 Å². The summed E-state index contributed by atoms with van der Waals surface area (Å²) >= 11 is 0. The van der Waals surface area contributed by atoms with Gasteiger partial charge in [0.2, 0.25) is 0 Å². The van der Waals surface area contributed by atoms with E-state index in [1.54, 1.807) is 0 Å². The molecule has 1 nitrogen and oxygen atoms in total. The fourth-order valence-electron chi connectivity index (χ4n) is 3.46. The largest absolute Gasteiger partial charge is 0.354 e. The first-order valence-electron chi connectivity index (χ1n) is 7.23. The van der Waals surface area contributed by atoms with Crippen molar-refractivity contribution >= 4 is 32.9 Å². The van der Waals surface area contributed by atoms with Gasteiger partial charge in [0.25, 0.3) is 0 Å². The van der Waals surface area contributed by atoms with Crippen molar-refractivity contribution in [1.29, 1.82) is 0 Å². The van der Waals surface area contributed by atoms with Crippen LogP contribution < -0.4 is 5.32 Å². The van der Waals surface area contributed by atoms with Crippen LogP contribution in [0.1, 0.15) is 0 Å². The Hall–Kier alpha value is -2.80. The van der Waals surface area contributed by atoms with Crippen molar-refractivity contribution in [3.8, 4) is 11.1 Å². The van der Waals surface area contributed by atoms with Gasteiger partial charge in [-0.15, -0.1) is 0 Å². The van der Waals surface area contributed by atoms with Crippen molar-refractivity contribution in [2.75, 3.05) is 5.32 Å². The molecule has 1 heteroatoms. The third kappa shape index (κ3) is 1.40. The van der Waals surface area contributed by atoms with E-state index < -0.39 is 0 Å². The van der Waals surface area contributed by atoms with Gasteiger partial charge in [0.1, 0.15) is 0 Å². The molecule has 0 amide bonds. The lowest BCUT2D eigenvalue weighted by Gasteiger charge is -2.23. The molecule has 5 rings (SSSR count). The first-order chi connectivity index (χ1) is 10.4. The zero-order chi connectivity index (χ0) is 13.8. The molecule has 4 aromatic carbocycles.